The van der Waals surface area contributed by atoms with Crippen LogP contribution in [0.25, 0.3) is 11.0 Å². The number of furan rings is 1. The molecule has 1 aromatic heterocycles. The number of rotatable bonds is 6. The monoisotopic (exact) mass is 427 g/mol. The first-order chi connectivity index (χ1) is 14.5. The predicted molar refractivity (Wildman–Crippen MR) is 115 cm³/mol. The second-order valence-corrected chi connectivity index (χ2v) is 10.2. The van der Waals surface area contributed by atoms with Crippen molar-refractivity contribution in [1.29, 1.82) is 0 Å². The molecule has 0 fully saturated rings. The average molecular weight is 428 g/mol. The minimum absolute atomic E-state index is 0.0184. The fourth-order valence-electron chi connectivity index (χ4n) is 4.50. The van der Waals surface area contributed by atoms with Crippen LogP contribution in [-0.2, 0) is 22.9 Å². The van der Waals surface area contributed by atoms with Gasteiger partial charge in [0.25, 0.3) is 0 Å². The number of likely N-dealkylation sites (N-methyl/N-ethyl adjacent to an activating group) is 1. The van der Waals surface area contributed by atoms with E-state index in [1.807, 2.05) is 36.4 Å². The van der Waals surface area contributed by atoms with Gasteiger partial charge in [0.2, 0.25) is 16.8 Å². The molecule has 6 nitrogen and oxygen atoms in total. The SMILES string of the molecule is CN(CCc1ccc2ccoc2c1)S(=O)(=O)C[C@@H]1CCCc2c1ccc1c2OCO1. The highest BCUT2D eigenvalue weighted by Gasteiger charge is 2.31. The minimum Gasteiger partial charge on any atom is -0.464 e. The van der Waals surface area contributed by atoms with Gasteiger partial charge in [-0.15, -0.1) is 0 Å². The van der Waals surface area contributed by atoms with E-state index in [1.54, 1.807) is 13.3 Å². The molecule has 0 spiro atoms. The van der Waals surface area contributed by atoms with E-state index in [2.05, 4.69) is 0 Å². The van der Waals surface area contributed by atoms with Crippen LogP contribution < -0.4 is 9.47 Å². The van der Waals surface area contributed by atoms with Crippen LogP contribution in [0.3, 0.4) is 0 Å². The third kappa shape index (κ3) is 3.56. The Kier molecular flexibility index (Phi) is 4.95. The Morgan fingerprint density at radius 1 is 1.13 bits per heavy atom. The zero-order valence-corrected chi connectivity index (χ0v) is 17.8. The van der Waals surface area contributed by atoms with Crippen LogP contribution in [0, 0.1) is 0 Å². The maximum absolute atomic E-state index is 13.1. The molecule has 3 aromatic rings. The summed E-state index contributed by atoms with van der Waals surface area (Å²) < 4.78 is 44.2. The fraction of sp³-hybridized carbons (Fsp3) is 0.391. The number of ether oxygens (including phenoxy) is 2. The van der Waals surface area contributed by atoms with Crippen molar-refractivity contribution < 1.29 is 22.3 Å². The molecule has 0 unspecified atom stereocenters. The summed E-state index contributed by atoms with van der Waals surface area (Å²) in [5, 5.41) is 1.05. The molecule has 0 N–H and O–H groups in total. The fourth-order valence-corrected chi connectivity index (χ4v) is 5.98. The highest BCUT2D eigenvalue weighted by molar-refractivity contribution is 7.89. The number of benzene rings is 2. The molecular formula is C23H25NO5S. The van der Waals surface area contributed by atoms with E-state index >= 15 is 0 Å². The van der Waals surface area contributed by atoms with Crippen LogP contribution in [0.4, 0.5) is 0 Å². The summed E-state index contributed by atoms with van der Waals surface area (Å²) in [6, 6.07) is 11.9. The van der Waals surface area contributed by atoms with Crippen molar-refractivity contribution in [3.05, 3.63) is 59.4 Å². The van der Waals surface area contributed by atoms with Gasteiger partial charge in [0, 0.05) is 24.5 Å². The molecule has 30 heavy (non-hydrogen) atoms. The summed E-state index contributed by atoms with van der Waals surface area (Å²) in [6.07, 6.45) is 5.05. The zero-order chi connectivity index (χ0) is 20.7. The minimum atomic E-state index is -3.38. The highest BCUT2D eigenvalue weighted by atomic mass is 32.2. The first-order valence-corrected chi connectivity index (χ1v) is 11.9. The lowest BCUT2D eigenvalue weighted by Gasteiger charge is -2.28. The summed E-state index contributed by atoms with van der Waals surface area (Å²) in [7, 11) is -1.71. The third-order valence-corrected chi connectivity index (χ3v) is 8.18. The topological polar surface area (TPSA) is 69.0 Å². The van der Waals surface area contributed by atoms with Crippen molar-refractivity contribution in [1.82, 2.24) is 4.31 Å². The van der Waals surface area contributed by atoms with Gasteiger partial charge in [-0.05, 0) is 60.9 Å². The molecule has 0 saturated carbocycles. The zero-order valence-electron chi connectivity index (χ0n) is 17.0. The van der Waals surface area contributed by atoms with Gasteiger partial charge >= 0.3 is 0 Å². The van der Waals surface area contributed by atoms with E-state index in [0.29, 0.717) is 13.0 Å². The molecule has 0 radical (unpaired) electrons. The summed E-state index contributed by atoms with van der Waals surface area (Å²) >= 11 is 0. The molecule has 1 atom stereocenters. The molecule has 0 saturated heterocycles. The van der Waals surface area contributed by atoms with Gasteiger partial charge in [-0.25, -0.2) is 12.7 Å². The second-order valence-electron chi connectivity index (χ2n) is 8.10. The number of fused-ring (bicyclic) bond motifs is 4. The molecular weight excluding hydrogens is 402 g/mol. The van der Waals surface area contributed by atoms with Gasteiger partial charge in [-0.1, -0.05) is 18.2 Å². The van der Waals surface area contributed by atoms with Crippen molar-refractivity contribution >= 4 is 21.0 Å². The Hall–Kier alpha value is -2.51. The number of hydrogen-bond donors (Lipinski definition) is 0. The van der Waals surface area contributed by atoms with Gasteiger partial charge in [0.15, 0.2) is 11.5 Å². The van der Waals surface area contributed by atoms with Gasteiger partial charge < -0.3 is 13.9 Å². The molecule has 5 rings (SSSR count). The highest BCUT2D eigenvalue weighted by Crippen LogP contribution is 2.44. The Morgan fingerprint density at radius 3 is 2.93 bits per heavy atom. The van der Waals surface area contributed by atoms with Crippen LogP contribution in [0.15, 0.2) is 47.1 Å². The van der Waals surface area contributed by atoms with E-state index in [-0.39, 0.29) is 18.5 Å². The van der Waals surface area contributed by atoms with Crippen LogP contribution in [0.2, 0.25) is 0 Å². The summed E-state index contributed by atoms with van der Waals surface area (Å²) in [4.78, 5) is 0. The molecule has 158 valence electrons. The average Bonchev–Trinajstić information content (AvgIpc) is 3.40. The van der Waals surface area contributed by atoms with Gasteiger partial charge in [0.1, 0.15) is 5.58 Å². The van der Waals surface area contributed by atoms with Crippen LogP contribution in [-0.4, -0.2) is 38.9 Å². The van der Waals surface area contributed by atoms with E-state index in [1.165, 1.54) is 4.31 Å². The normalized spacial score (nSPS) is 18.1. The van der Waals surface area contributed by atoms with E-state index in [4.69, 9.17) is 13.9 Å². The van der Waals surface area contributed by atoms with E-state index in [9.17, 15) is 8.42 Å². The molecule has 2 heterocycles. The summed E-state index contributed by atoms with van der Waals surface area (Å²) in [5.74, 6) is 1.67. The van der Waals surface area contributed by atoms with Crippen molar-refractivity contribution in [2.24, 2.45) is 0 Å². The van der Waals surface area contributed by atoms with Crippen LogP contribution >= 0.6 is 0 Å². The molecule has 0 amide bonds. The lowest BCUT2D eigenvalue weighted by Crippen LogP contribution is -2.34. The molecule has 1 aliphatic carbocycles. The van der Waals surface area contributed by atoms with Crippen molar-refractivity contribution in [2.45, 2.75) is 31.6 Å². The molecule has 2 aromatic carbocycles. The molecule has 7 heteroatoms. The Labute approximate surface area is 176 Å². The standard InChI is InChI=1S/C23H25NO5S/c1-24(11-9-16-5-6-17-10-12-27-22(17)13-16)30(25,26)14-18-3-2-4-20-19(18)7-8-21-23(20)29-15-28-21/h5-8,10,12-13,18H,2-4,9,11,14-15H2,1H3/t18-/m0/s1. The second kappa shape index (κ2) is 7.63. The largest absolute Gasteiger partial charge is 0.464 e. The predicted octanol–water partition coefficient (Wildman–Crippen LogP) is 4.09. The Morgan fingerprint density at radius 2 is 2.03 bits per heavy atom. The lowest BCUT2D eigenvalue weighted by atomic mass is 9.83. The van der Waals surface area contributed by atoms with Crippen molar-refractivity contribution in [3.8, 4) is 11.5 Å². The Balaban J connectivity index is 1.29. The van der Waals surface area contributed by atoms with E-state index in [0.717, 1.165) is 58.4 Å². The van der Waals surface area contributed by atoms with Crippen molar-refractivity contribution in [3.63, 3.8) is 0 Å². The van der Waals surface area contributed by atoms with Gasteiger partial charge in [0.05, 0.1) is 12.0 Å². The molecule has 2 aliphatic rings. The smallest absolute Gasteiger partial charge is 0.231 e. The van der Waals surface area contributed by atoms with Gasteiger partial charge in [-0.2, -0.15) is 0 Å². The number of nitrogens with zero attached hydrogens (tertiary/aromatic N) is 1. The Bertz CT molecular complexity index is 1180. The quantitative estimate of drug-likeness (QED) is 0.593. The summed E-state index contributed by atoms with van der Waals surface area (Å²) in [6.45, 7) is 0.677. The number of sulfonamides is 1. The number of hydrogen-bond acceptors (Lipinski definition) is 5. The maximum Gasteiger partial charge on any atom is 0.231 e. The third-order valence-electron chi connectivity index (χ3n) is 6.22. The first kappa shape index (κ1) is 19.5. The van der Waals surface area contributed by atoms with Crippen LogP contribution in [0.5, 0.6) is 11.5 Å². The van der Waals surface area contributed by atoms with Crippen molar-refractivity contribution in [2.75, 3.05) is 26.1 Å². The molecule has 0 bridgehead atoms. The first-order valence-electron chi connectivity index (χ1n) is 10.3. The summed E-state index contributed by atoms with van der Waals surface area (Å²) in [5.41, 5.74) is 4.10. The van der Waals surface area contributed by atoms with Gasteiger partial charge in [-0.3, -0.25) is 0 Å². The maximum atomic E-state index is 13.1. The van der Waals surface area contributed by atoms with E-state index < -0.39 is 10.0 Å². The lowest BCUT2D eigenvalue weighted by molar-refractivity contribution is 0.173. The van der Waals surface area contributed by atoms with Crippen LogP contribution in [0.1, 0.15) is 35.4 Å². The molecule has 1 aliphatic heterocycles.